The van der Waals surface area contributed by atoms with Crippen LogP contribution in [0, 0.1) is 12.3 Å². The van der Waals surface area contributed by atoms with Gasteiger partial charge in [-0.1, -0.05) is 66.6 Å². The zero-order valence-corrected chi connectivity index (χ0v) is 17.1. The minimum atomic E-state index is -1.56. The number of nitrogens with zero attached hydrogens (tertiary/aromatic N) is 1. The second-order valence-corrected chi connectivity index (χ2v) is 8.50. The summed E-state index contributed by atoms with van der Waals surface area (Å²) in [5.41, 5.74) is 1.53. The van der Waals surface area contributed by atoms with Crippen molar-refractivity contribution in [1.82, 2.24) is 10.2 Å². The van der Waals surface area contributed by atoms with E-state index in [4.69, 9.17) is 11.2 Å². The quantitative estimate of drug-likeness (QED) is 0.243. The van der Waals surface area contributed by atoms with E-state index in [1.54, 1.807) is 0 Å². The predicted molar refractivity (Wildman–Crippen MR) is 113 cm³/mol. The first-order chi connectivity index (χ1) is 15.1. The average Bonchev–Trinajstić information content (AvgIpc) is 2.81. The van der Waals surface area contributed by atoms with E-state index in [-0.39, 0.29) is 17.0 Å². The fourth-order valence-electron chi connectivity index (χ4n) is 3.72. The Morgan fingerprint density at radius 2 is 1.77 bits per heavy atom. The number of terminal acetylenes is 1. The summed E-state index contributed by atoms with van der Waals surface area (Å²) in [6.07, 6.45) is 5.20. The van der Waals surface area contributed by atoms with Crippen LogP contribution in [0.3, 0.4) is 0 Å². The molecule has 31 heavy (non-hydrogen) atoms. The van der Waals surface area contributed by atoms with Crippen molar-refractivity contribution in [3.63, 3.8) is 0 Å². The Morgan fingerprint density at radius 3 is 2.29 bits per heavy atom. The first-order valence-electron chi connectivity index (χ1n) is 9.47. The van der Waals surface area contributed by atoms with Gasteiger partial charge in [-0.05, 0) is 22.3 Å². The van der Waals surface area contributed by atoms with Gasteiger partial charge in [0, 0.05) is 0 Å². The molecule has 0 spiro atoms. The summed E-state index contributed by atoms with van der Waals surface area (Å²) in [5.74, 6) is 0.955. The zero-order chi connectivity index (χ0) is 22.0. The molecule has 2 unspecified atom stereocenters. The molecule has 0 bridgehead atoms. The number of hydrogen-bond donors (Lipinski definition) is 1. The lowest BCUT2D eigenvalue weighted by molar-refractivity contribution is -0.154. The Bertz CT molecular complexity index is 1040. The van der Waals surface area contributed by atoms with Gasteiger partial charge in [0.15, 0.2) is 17.8 Å². The summed E-state index contributed by atoms with van der Waals surface area (Å²) in [6.45, 7) is 0. The second kappa shape index (κ2) is 8.68. The Morgan fingerprint density at radius 1 is 1.19 bits per heavy atom. The molecule has 2 aromatic rings. The van der Waals surface area contributed by atoms with Crippen molar-refractivity contribution in [3.8, 4) is 12.3 Å². The highest BCUT2D eigenvalue weighted by atomic mass is 32.2. The van der Waals surface area contributed by atoms with E-state index in [0.29, 0.717) is 6.41 Å². The number of β-lactam (4-membered cyclic amide) rings is 1. The van der Waals surface area contributed by atoms with Crippen LogP contribution in [0.1, 0.15) is 17.2 Å². The van der Waals surface area contributed by atoms with Gasteiger partial charge in [0.2, 0.25) is 11.8 Å². The fraction of sp³-hybridized carbons (Fsp3) is 0.174. The third kappa shape index (κ3) is 3.69. The molecule has 4 rings (SSSR count). The summed E-state index contributed by atoms with van der Waals surface area (Å²) < 4.78 is 18.4. The molecule has 0 saturated carbocycles. The smallest absolute Gasteiger partial charge is 0.357 e. The largest absolute Gasteiger partial charge is 0.614 e. The van der Waals surface area contributed by atoms with Crippen LogP contribution in [0.25, 0.3) is 0 Å². The van der Waals surface area contributed by atoms with Crippen LogP contribution in [0.5, 0.6) is 0 Å². The summed E-state index contributed by atoms with van der Waals surface area (Å²) in [5, 5.41) is 1.50. The summed E-state index contributed by atoms with van der Waals surface area (Å²) in [7, 11) is 0. The number of amides is 2. The number of esters is 1. The number of nitrogens with one attached hydrogen (secondary N) is 1. The fourth-order valence-corrected chi connectivity index (χ4v) is 5.34. The molecule has 8 heteroatoms. The van der Waals surface area contributed by atoms with Gasteiger partial charge in [0.1, 0.15) is 5.75 Å². The molecule has 1 saturated heterocycles. The Labute approximate surface area is 182 Å². The molecule has 1 N–H and O–H groups in total. The molecule has 2 aliphatic heterocycles. The SMILES string of the molecule is C#CC1=C(C(=O)OC(c2ccccc2)c2ccccc2)N2C(=O)C(NC=O)[C@H]2[S+]([O-])C1. The molecule has 156 valence electrons. The molecule has 2 aliphatic rings. The van der Waals surface area contributed by atoms with Crippen molar-refractivity contribution in [3.05, 3.63) is 83.1 Å². The first kappa shape index (κ1) is 20.7. The minimum absolute atomic E-state index is 0.0756. The predicted octanol–water partition coefficient (Wildman–Crippen LogP) is 1.25. The van der Waals surface area contributed by atoms with E-state index in [9.17, 15) is 18.9 Å². The maximum Gasteiger partial charge on any atom is 0.357 e. The number of fused-ring (bicyclic) bond motifs is 1. The highest BCUT2D eigenvalue weighted by Gasteiger charge is 2.60. The molecule has 0 aliphatic carbocycles. The lowest BCUT2D eigenvalue weighted by Crippen LogP contribution is -2.74. The third-order valence-corrected chi connectivity index (χ3v) is 6.77. The number of rotatable bonds is 6. The molecule has 7 nitrogen and oxygen atoms in total. The van der Waals surface area contributed by atoms with E-state index in [0.717, 1.165) is 16.0 Å². The molecule has 0 aromatic heterocycles. The maximum atomic E-state index is 13.3. The highest BCUT2D eigenvalue weighted by Crippen LogP contribution is 2.38. The van der Waals surface area contributed by atoms with Crippen LogP contribution in [-0.4, -0.2) is 44.9 Å². The topological polar surface area (TPSA) is 98.8 Å². The van der Waals surface area contributed by atoms with Gasteiger partial charge in [-0.25, -0.2) is 4.79 Å². The van der Waals surface area contributed by atoms with E-state index in [1.165, 1.54) is 0 Å². The normalized spacial score (nSPS) is 22.3. The third-order valence-electron chi connectivity index (χ3n) is 5.17. The second-order valence-electron chi connectivity index (χ2n) is 6.96. The van der Waals surface area contributed by atoms with E-state index in [1.807, 2.05) is 60.7 Å². The van der Waals surface area contributed by atoms with Crippen LogP contribution >= 0.6 is 0 Å². The highest BCUT2D eigenvalue weighted by molar-refractivity contribution is 7.92. The summed E-state index contributed by atoms with van der Waals surface area (Å²) in [6, 6.07) is 17.4. The minimum Gasteiger partial charge on any atom is -0.614 e. The molecule has 2 heterocycles. The summed E-state index contributed by atoms with van der Waals surface area (Å²) in [4.78, 5) is 37.8. The van der Waals surface area contributed by atoms with Crippen molar-refractivity contribution >= 4 is 29.5 Å². The maximum absolute atomic E-state index is 13.3. The van der Waals surface area contributed by atoms with Crippen molar-refractivity contribution in [1.29, 1.82) is 0 Å². The number of ether oxygens (including phenoxy) is 1. The lowest BCUT2D eigenvalue weighted by atomic mass is 10.0. The van der Waals surface area contributed by atoms with Crippen LogP contribution in [-0.2, 0) is 30.3 Å². The molecular formula is C23H18N2O5S. The van der Waals surface area contributed by atoms with Crippen LogP contribution in [0.4, 0.5) is 0 Å². The standard InChI is InChI=1S/C23H18N2O5S/c1-2-15-13-31(29)22-18(24-14-26)21(27)25(22)19(15)23(28)30-20(16-9-5-3-6-10-16)17-11-7-4-8-12-17/h1,3-12,14,18,20,22H,13H2,(H,24,26)/t18?,22-,31?/m1/s1. The Kier molecular flexibility index (Phi) is 5.80. The average molecular weight is 434 g/mol. The Hall–Kier alpha value is -3.54. The van der Waals surface area contributed by atoms with Crippen LogP contribution in [0.2, 0.25) is 0 Å². The number of hydrogen-bond acceptors (Lipinski definition) is 5. The molecular weight excluding hydrogens is 416 g/mol. The van der Waals surface area contributed by atoms with Crippen LogP contribution < -0.4 is 5.32 Å². The molecule has 2 amide bonds. The molecule has 0 radical (unpaired) electrons. The molecule has 1 fully saturated rings. The van der Waals surface area contributed by atoms with Crippen molar-refractivity contribution in [2.45, 2.75) is 17.5 Å². The van der Waals surface area contributed by atoms with Gasteiger partial charge in [0.25, 0.3) is 5.91 Å². The van der Waals surface area contributed by atoms with Crippen LogP contribution in [0.15, 0.2) is 71.9 Å². The molecule has 3 atom stereocenters. The molecule has 2 aromatic carbocycles. The number of carbonyl (C=O) groups excluding carboxylic acids is 3. The first-order valence-corrected chi connectivity index (χ1v) is 10.9. The van der Waals surface area contributed by atoms with Gasteiger partial charge in [-0.3, -0.25) is 14.5 Å². The van der Waals surface area contributed by atoms with Crippen molar-refractivity contribution < 1.29 is 23.7 Å². The van der Waals surface area contributed by atoms with Gasteiger partial charge in [0.05, 0.1) is 5.57 Å². The van der Waals surface area contributed by atoms with Gasteiger partial charge >= 0.3 is 5.97 Å². The van der Waals surface area contributed by atoms with Gasteiger partial charge in [-0.15, -0.1) is 6.42 Å². The summed E-state index contributed by atoms with van der Waals surface area (Å²) >= 11 is -1.56. The van der Waals surface area contributed by atoms with Gasteiger partial charge in [-0.2, -0.15) is 0 Å². The lowest BCUT2D eigenvalue weighted by Gasteiger charge is -2.48. The van der Waals surface area contributed by atoms with Gasteiger partial charge < -0.3 is 14.6 Å². The monoisotopic (exact) mass is 434 g/mol. The van der Waals surface area contributed by atoms with E-state index < -0.39 is 40.6 Å². The van der Waals surface area contributed by atoms with E-state index in [2.05, 4.69) is 11.2 Å². The van der Waals surface area contributed by atoms with E-state index >= 15 is 0 Å². The zero-order valence-electron chi connectivity index (χ0n) is 16.3. The Balaban J connectivity index is 1.69. The van der Waals surface area contributed by atoms with Crippen molar-refractivity contribution in [2.24, 2.45) is 0 Å². The van der Waals surface area contributed by atoms with Crippen molar-refractivity contribution in [2.75, 3.05) is 5.75 Å². The number of carbonyl (C=O) groups is 3. The number of benzene rings is 2.